The molecule has 41 heavy (non-hydrogen) atoms. The second-order valence-electron chi connectivity index (χ2n) is 9.36. The lowest BCUT2D eigenvalue weighted by atomic mass is 10.1. The van der Waals surface area contributed by atoms with Crippen molar-refractivity contribution in [3.05, 3.63) is 89.2 Å². The topological polar surface area (TPSA) is 96.0 Å². The summed E-state index contributed by atoms with van der Waals surface area (Å²) < 4.78 is 47.6. The van der Waals surface area contributed by atoms with E-state index in [0.29, 0.717) is 29.5 Å². The molecule has 0 spiro atoms. The molecule has 3 rings (SSSR count). The molecule has 0 aromatic heterocycles. The number of hydrogen-bond donors (Lipinski definition) is 1. The van der Waals surface area contributed by atoms with Crippen molar-refractivity contribution in [3.63, 3.8) is 0 Å². The van der Waals surface area contributed by atoms with Crippen LogP contribution in [-0.2, 0) is 26.2 Å². The summed E-state index contributed by atoms with van der Waals surface area (Å²) in [4.78, 5) is 28.1. The summed E-state index contributed by atoms with van der Waals surface area (Å²) in [5, 5.41) is 3.36. The molecular weight excluding hydrogens is 569 g/mol. The Hall–Kier alpha value is -3.63. The minimum atomic E-state index is -4.31. The Balaban J connectivity index is 2.00. The summed E-state index contributed by atoms with van der Waals surface area (Å²) in [7, 11) is -4.31. The molecule has 0 saturated heterocycles. The standard InChI is InChI=1S/C30H35ClFN3O5S/c1-4-6-19-33-30(37)22(3)34(20-23-7-9-24(31)10-8-23)29(36)21-35(26-13-15-27(16-14-26)40-5-2)41(38,39)28-17-11-25(32)12-18-28/h7-18,22H,4-6,19-21H2,1-3H3,(H,33,37). The first-order chi connectivity index (χ1) is 19.6. The average Bonchev–Trinajstić information content (AvgIpc) is 2.96. The molecule has 1 atom stereocenters. The van der Waals surface area contributed by atoms with E-state index in [-0.39, 0.29) is 23.0 Å². The smallest absolute Gasteiger partial charge is 0.264 e. The molecule has 8 nitrogen and oxygen atoms in total. The fourth-order valence-electron chi connectivity index (χ4n) is 4.04. The van der Waals surface area contributed by atoms with Crippen LogP contribution < -0.4 is 14.4 Å². The maximum Gasteiger partial charge on any atom is 0.264 e. The van der Waals surface area contributed by atoms with Gasteiger partial charge in [-0.3, -0.25) is 13.9 Å². The number of sulfonamides is 1. The van der Waals surface area contributed by atoms with Crippen LogP contribution in [0.4, 0.5) is 10.1 Å². The zero-order valence-electron chi connectivity index (χ0n) is 23.3. The molecule has 2 amide bonds. The molecule has 1 unspecified atom stereocenters. The monoisotopic (exact) mass is 603 g/mol. The van der Waals surface area contributed by atoms with Crippen molar-refractivity contribution in [1.29, 1.82) is 0 Å². The third kappa shape index (κ3) is 8.68. The highest BCUT2D eigenvalue weighted by atomic mass is 35.5. The highest BCUT2D eigenvalue weighted by molar-refractivity contribution is 7.92. The second kappa shape index (κ2) is 14.8. The van der Waals surface area contributed by atoms with E-state index in [9.17, 15) is 22.4 Å². The first-order valence-electron chi connectivity index (χ1n) is 13.4. The number of nitrogens with zero attached hydrogens (tertiary/aromatic N) is 2. The predicted molar refractivity (Wildman–Crippen MR) is 158 cm³/mol. The first-order valence-corrected chi connectivity index (χ1v) is 15.2. The van der Waals surface area contributed by atoms with Gasteiger partial charge in [0.1, 0.15) is 24.2 Å². The zero-order valence-corrected chi connectivity index (χ0v) is 24.9. The fourth-order valence-corrected chi connectivity index (χ4v) is 5.58. The molecule has 0 aliphatic carbocycles. The zero-order chi connectivity index (χ0) is 30.0. The van der Waals surface area contributed by atoms with Gasteiger partial charge in [0.05, 0.1) is 17.2 Å². The number of hydrogen-bond acceptors (Lipinski definition) is 5. The molecule has 3 aromatic carbocycles. The van der Waals surface area contributed by atoms with Gasteiger partial charge >= 0.3 is 0 Å². The van der Waals surface area contributed by atoms with Crippen molar-refractivity contribution < 1.29 is 27.1 Å². The van der Waals surface area contributed by atoms with Gasteiger partial charge in [-0.1, -0.05) is 37.1 Å². The largest absolute Gasteiger partial charge is 0.494 e. The molecular formula is C30H35ClFN3O5S. The molecule has 1 N–H and O–H groups in total. The van der Waals surface area contributed by atoms with Crippen LogP contribution in [0.1, 0.15) is 39.2 Å². The van der Waals surface area contributed by atoms with Crippen molar-refractivity contribution in [2.75, 3.05) is 24.0 Å². The Kier molecular flexibility index (Phi) is 11.5. The highest BCUT2D eigenvalue weighted by Crippen LogP contribution is 2.27. The maximum atomic E-state index is 13.9. The van der Waals surface area contributed by atoms with Crippen molar-refractivity contribution in [2.45, 2.75) is 51.1 Å². The summed E-state index contributed by atoms with van der Waals surface area (Å²) in [6.45, 7) is 5.76. The molecule has 0 fully saturated rings. The van der Waals surface area contributed by atoms with E-state index in [1.165, 1.54) is 17.0 Å². The van der Waals surface area contributed by atoms with Gasteiger partial charge in [0.25, 0.3) is 10.0 Å². The third-order valence-corrected chi connectivity index (χ3v) is 8.42. The van der Waals surface area contributed by atoms with Gasteiger partial charge in [-0.2, -0.15) is 0 Å². The molecule has 0 radical (unpaired) electrons. The number of anilines is 1. The lowest BCUT2D eigenvalue weighted by Gasteiger charge is -2.32. The van der Waals surface area contributed by atoms with Crippen LogP contribution in [0.5, 0.6) is 5.75 Å². The lowest BCUT2D eigenvalue weighted by Crippen LogP contribution is -2.51. The van der Waals surface area contributed by atoms with Crippen LogP contribution in [-0.4, -0.2) is 50.9 Å². The Labute approximate surface area is 246 Å². The Morgan fingerprint density at radius 1 is 0.976 bits per heavy atom. The molecule has 0 heterocycles. The van der Waals surface area contributed by atoms with E-state index < -0.39 is 34.3 Å². The van der Waals surface area contributed by atoms with Crippen LogP contribution in [0.3, 0.4) is 0 Å². The second-order valence-corrected chi connectivity index (χ2v) is 11.7. The Morgan fingerprint density at radius 3 is 2.20 bits per heavy atom. The number of halogens is 2. The van der Waals surface area contributed by atoms with E-state index in [1.807, 2.05) is 13.8 Å². The van der Waals surface area contributed by atoms with Gasteiger partial charge in [0.15, 0.2) is 0 Å². The molecule has 0 aliphatic rings. The van der Waals surface area contributed by atoms with Crippen LogP contribution in [0, 0.1) is 5.82 Å². The highest BCUT2D eigenvalue weighted by Gasteiger charge is 2.32. The maximum absolute atomic E-state index is 13.9. The van der Waals surface area contributed by atoms with Gasteiger partial charge in [0, 0.05) is 18.1 Å². The summed E-state index contributed by atoms with van der Waals surface area (Å²) in [6, 6.07) is 16.6. The summed E-state index contributed by atoms with van der Waals surface area (Å²) in [6.07, 6.45) is 1.67. The van der Waals surface area contributed by atoms with Crippen LogP contribution >= 0.6 is 11.6 Å². The minimum absolute atomic E-state index is 0.0477. The number of carbonyl (C=O) groups excluding carboxylic acids is 2. The Bertz CT molecular complexity index is 1400. The van der Waals surface area contributed by atoms with Gasteiger partial charge < -0.3 is 15.0 Å². The Morgan fingerprint density at radius 2 is 1.61 bits per heavy atom. The van der Waals surface area contributed by atoms with Gasteiger partial charge in [-0.25, -0.2) is 12.8 Å². The number of carbonyl (C=O) groups is 2. The van der Waals surface area contributed by atoms with E-state index >= 15 is 0 Å². The van der Waals surface area contributed by atoms with Crippen molar-refractivity contribution in [1.82, 2.24) is 10.2 Å². The van der Waals surface area contributed by atoms with E-state index in [4.69, 9.17) is 16.3 Å². The van der Waals surface area contributed by atoms with Crippen LogP contribution in [0.25, 0.3) is 0 Å². The SMILES string of the molecule is CCCCNC(=O)C(C)N(Cc1ccc(Cl)cc1)C(=O)CN(c1ccc(OCC)cc1)S(=O)(=O)c1ccc(F)cc1. The number of unbranched alkanes of at least 4 members (excludes halogenated alkanes) is 1. The normalized spacial score (nSPS) is 11.9. The molecule has 0 bridgehead atoms. The number of nitrogens with one attached hydrogen (secondary N) is 1. The summed E-state index contributed by atoms with van der Waals surface area (Å²) >= 11 is 6.03. The summed E-state index contributed by atoms with van der Waals surface area (Å²) in [5.74, 6) is -1.01. The lowest BCUT2D eigenvalue weighted by molar-refractivity contribution is -0.139. The molecule has 220 valence electrons. The molecule has 0 aliphatic heterocycles. The van der Waals surface area contributed by atoms with E-state index in [2.05, 4.69) is 5.32 Å². The first kappa shape index (κ1) is 31.9. The van der Waals surface area contributed by atoms with E-state index in [1.54, 1.807) is 43.3 Å². The number of ether oxygens (including phenoxy) is 1. The molecule has 11 heteroatoms. The van der Waals surface area contributed by atoms with Gasteiger partial charge in [-0.05, 0) is 86.5 Å². The van der Waals surface area contributed by atoms with E-state index in [0.717, 1.165) is 41.4 Å². The average molecular weight is 604 g/mol. The van der Waals surface area contributed by atoms with Crippen LogP contribution in [0.15, 0.2) is 77.7 Å². The summed E-state index contributed by atoms with van der Waals surface area (Å²) in [5.41, 5.74) is 0.919. The fraction of sp³-hybridized carbons (Fsp3) is 0.333. The predicted octanol–water partition coefficient (Wildman–Crippen LogP) is 5.41. The number of benzene rings is 3. The number of amides is 2. The quantitative estimate of drug-likeness (QED) is 0.249. The van der Waals surface area contributed by atoms with Crippen molar-refractivity contribution in [2.24, 2.45) is 0 Å². The van der Waals surface area contributed by atoms with Gasteiger partial charge in [0.2, 0.25) is 11.8 Å². The van der Waals surface area contributed by atoms with Crippen LogP contribution in [0.2, 0.25) is 5.02 Å². The molecule has 3 aromatic rings. The van der Waals surface area contributed by atoms with Crippen molar-refractivity contribution >= 4 is 39.1 Å². The third-order valence-electron chi connectivity index (χ3n) is 6.38. The molecule has 0 saturated carbocycles. The minimum Gasteiger partial charge on any atom is -0.494 e. The number of rotatable bonds is 14. The van der Waals surface area contributed by atoms with Crippen molar-refractivity contribution in [3.8, 4) is 5.75 Å². The van der Waals surface area contributed by atoms with Gasteiger partial charge in [-0.15, -0.1) is 0 Å².